The highest BCUT2D eigenvalue weighted by atomic mass is 35.5. The number of anilines is 2. The van der Waals surface area contributed by atoms with E-state index in [4.69, 9.17) is 21.1 Å². The summed E-state index contributed by atoms with van der Waals surface area (Å²) in [6.45, 7) is 2.61. The predicted molar refractivity (Wildman–Crippen MR) is 125 cm³/mol. The lowest BCUT2D eigenvalue weighted by Crippen LogP contribution is -2.37. The monoisotopic (exact) mass is 450 g/mol. The van der Waals surface area contributed by atoms with E-state index in [9.17, 15) is 9.59 Å². The van der Waals surface area contributed by atoms with Crippen LogP contribution in [0.1, 0.15) is 15.9 Å². The second kappa shape index (κ2) is 10.3. The van der Waals surface area contributed by atoms with Gasteiger partial charge in [0.05, 0.1) is 24.6 Å². The van der Waals surface area contributed by atoms with Crippen LogP contribution in [0.25, 0.3) is 0 Å². The SMILES string of the molecule is O=C(COc1ccc(C(=O)c2ccccc2)cc1)Nc1cc(Cl)ccc1N1CCOCC1. The standard InChI is InChI=1S/C25H23ClN2O4/c26-20-8-11-23(28-12-14-31-15-13-28)22(16-20)27-24(29)17-32-21-9-6-19(7-10-21)25(30)18-4-2-1-3-5-18/h1-11,16H,12-15,17H2,(H,27,29). The Kier molecular flexibility index (Phi) is 7.04. The summed E-state index contributed by atoms with van der Waals surface area (Å²) in [6.07, 6.45) is 0. The summed E-state index contributed by atoms with van der Waals surface area (Å²) >= 11 is 6.14. The van der Waals surface area contributed by atoms with Gasteiger partial charge in [0.1, 0.15) is 5.75 Å². The van der Waals surface area contributed by atoms with E-state index in [1.807, 2.05) is 24.3 Å². The Morgan fingerprint density at radius 3 is 2.34 bits per heavy atom. The van der Waals surface area contributed by atoms with Gasteiger partial charge in [-0.1, -0.05) is 41.9 Å². The van der Waals surface area contributed by atoms with Gasteiger partial charge in [-0.05, 0) is 42.5 Å². The lowest BCUT2D eigenvalue weighted by atomic mass is 10.0. The lowest BCUT2D eigenvalue weighted by Gasteiger charge is -2.30. The van der Waals surface area contributed by atoms with E-state index in [0.717, 1.165) is 18.8 Å². The molecule has 0 bridgehead atoms. The van der Waals surface area contributed by atoms with Crippen LogP contribution in [0.4, 0.5) is 11.4 Å². The number of nitrogens with one attached hydrogen (secondary N) is 1. The predicted octanol–water partition coefficient (Wildman–Crippen LogP) is 4.43. The van der Waals surface area contributed by atoms with E-state index >= 15 is 0 Å². The van der Waals surface area contributed by atoms with Crippen molar-refractivity contribution >= 4 is 34.7 Å². The van der Waals surface area contributed by atoms with Gasteiger partial charge < -0.3 is 19.7 Å². The molecule has 164 valence electrons. The highest BCUT2D eigenvalue weighted by molar-refractivity contribution is 6.31. The maximum Gasteiger partial charge on any atom is 0.262 e. The Hall–Kier alpha value is -3.35. The molecule has 4 rings (SSSR count). The molecule has 0 atom stereocenters. The topological polar surface area (TPSA) is 67.9 Å². The highest BCUT2D eigenvalue weighted by Gasteiger charge is 2.17. The molecule has 32 heavy (non-hydrogen) atoms. The van der Waals surface area contributed by atoms with Crippen molar-refractivity contribution in [3.8, 4) is 5.75 Å². The van der Waals surface area contributed by atoms with Crippen LogP contribution in [-0.4, -0.2) is 44.6 Å². The second-order valence-corrected chi connectivity index (χ2v) is 7.75. The van der Waals surface area contributed by atoms with E-state index in [2.05, 4.69) is 10.2 Å². The summed E-state index contributed by atoms with van der Waals surface area (Å²) in [6, 6.07) is 21.2. The van der Waals surface area contributed by atoms with Gasteiger partial charge >= 0.3 is 0 Å². The van der Waals surface area contributed by atoms with Crippen LogP contribution < -0.4 is 15.0 Å². The van der Waals surface area contributed by atoms with Crippen LogP contribution in [0.5, 0.6) is 5.75 Å². The molecule has 0 radical (unpaired) electrons. The molecular formula is C25H23ClN2O4. The minimum absolute atomic E-state index is 0.0634. The fourth-order valence-corrected chi connectivity index (χ4v) is 3.65. The summed E-state index contributed by atoms with van der Waals surface area (Å²) in [4.78, 5) is 27.2. The van der Waals surface area contributed by atoms with Crippen LogP contribution in [-0.2, 0) is 9.53 Å². The summed E-state index contributed by atoms with van der Waals surface area (Å²) in [5, 5.41) is 3.42. The third-order valence-corrected chi connectivity index (χ3v) is 5.34. The number of ketones is 1. The van der Waals surface area contributed by atoms with Crippen molar-refractivity contribution < 1.29 is 19.1 Å². The molecule has 3 aromatic carbocycles. The van der Waals surface area contributed by atoms with Crippen LogP contribution in [0.3, 0.4) is 0 Å². The molecule has 0 aliphatic carbocycles. The van der Waals surface area contributed by atoms with Crippen molar-refractivity contribution in [2.45, 2.75) is 0 Å². The van der Waals surface area contributed by atoms with Crippen molar-refractivity contribution in [1.29, 1.82) is 0 Å². The quantitative estimate of drug-likeness (QED) is 0.539. The Morgan fingerprint density at radius 1 is 0.938 bits per heavy atom. The molecule has 0 spiro atoms. The summed E-state index contributed by atoms with van der Waals surface area (Å²) in [5.41, 5.74) is 2.71. The molecule has 1 amide bonds. The first-order valence-electron chi connectivity index (χ1n) is 10.3. The van der Waals surface area contributed by atoms with Crippen LogP contribution in [0, 0.1) is 0 Å². The van der Waals surface area contributed by atoms with Gasteiger partial charge in [-0.3, -0.25) is 9.59 Å². The number of benzene rings is 3. The van der Waals surface area contributed by atoms with Crippen molar-refractivity contribution in [3.05, 3.63) is 88.9 Å². The average Bonchev–Trinajstić information content (AvgIpc) is 2.84. The Balaban J connectivity index is 1.36. The van der Waals surface area contributed by atoms with Crippen LogP contribution in [0.15, 0.2) is 72.8 Å². The normalized spacial score (nSPS) is 13.5. The number of ether oxygens (including phenoxy) is 2. The van der Waals surface area contributed by atoms with Crippen molar-refractivity contribution in [2.24, 2.45) is 0 Å². The van der Waals surface area contributed by atoms with E-state index < -0.39 is 0 Å². The Morgan fingerprint density at radius 2 is 1.62 bits per heavy atom. The number of hydrogen-bond donors (Lipinski definition) is 1. The first-order valence-corrected chi connectivity index (χ1v) is 10.7. The van der Waals surface area contributed by atoms with Crippen molar-refractivity contribution in [1.82, 2.24) is 0 Å². The maximum atomic E-state index is 12.5. The van der Waals surface area contributed by atoms with Crippen LogP contribution >= 0.6 is 11.6 Å². The maximum absolute atomic E-state index is 12.5. The average molecular weight is 451 g/mol. The molecule has 1 aliphatic rings. The molecule has 1 N–H and O–H groups in total. The van der Waals surface area contributed by atoms with Crippen LogP contribution in [0.2, 0.25) is 5.02 Å². The van der Waals surface area contributed by atoms with Gasteiger partial charge in [0, 0.05) is 29.2 Å². The molecule has 0 aromatic heterocycles. The molecule has 0 unspecified atom stereocenters. The first-order chi connectivity index (χ1) is 15.6. The first kappa shape index (κ1) is 21.9. The van der Waals surface area contributed by atoms with Gasteiger partial charge in [0.2, 0.25) is 0 Å². The van der Waals surface area contributed by atoms with E-state index in [0.29, 0.717) is 40.8 Å². The van der Waals surface area contributed by atoms with E-state index in [-0.39, 0.29) is 18.3 Å². The number of hydrogen-bond acceptors (Lipinski definition) is 5. The number of amides is 1. The molecule has 0 saturated carbocycles. The zero-order valence-corrected chi connectivity index (χ0v) is 18.2. The van der Waals surface area contributed by atoms with Gasteiger partial charge in [-0.2, -0.15) is 0 Å². The van der Waals surface area contributed by atoms with Gasteiger partial charge in [-0.25, -0.2) is 0 Å². The molecule has 1 heterocycles. The van der Waals surface area contributed by atoms with E-state index in [1.54, 1.807) is 48.5 Å². The number of carbonyl (C=O) groups excluding carboxylic acids is 2. The van der Waals surface area contributed by atoms with Gasteiger partial charge in [0.15, 0.2) is 12.4 Å². The molecule has 6 nitrogen and oxygen atoms in total. The number of halogens is 1. The molecule has 7 heteroatoms. The summed E-state index contributed by atoms with van der Waals surface area (Å²) < 4.78 is 11.0. The Bertz CT molecular complexity index is 1080. The zero-order valence-electron chi connectivity index (χ0n) is 17.4. The minimum atomic E-state index is -0.300. The number of morpholine rings is 1. The van der Waals surface area contributed by atoms with Gasteiger partial charge in [-0.15, -0.1) is 0 Å². The smallest absolute Gasteiger partial charge is 0.262 e. The molecule has 1 aliphatic heterocycles. The largest absolute Gasteiger partial charge is 0.484 e. The molecule has 3 aromatic rings. The summed E-state index contributed by atoms with van der Waals surface area (Å²) in [5.74, 6) is 0.141. The van der Waals surface area contributed by atoms with Gasteiger partial charge in [0.25, 0.3) is 5.91 Å². The fraction of sp³-hybridized carbons (Fsp3) is 0.200. The molecule has 1 saturated heterocycles. The zero-order chi connectivity index (χ0) is 22.3. The molecular weight excluding hydrogens is 428 g/mol. The number of carbonyl (C=O) groups is 2. The minimum Gasteiger partial charge on any atom is -0.484 e. The molecule has 1 fully saturated rings. The lowest BCUT2D eigenvalue weighted by molar-refractivity contribution is -0.118. The van der Waals surface area contributed by atoms with Crippen molar-refractivity contribution in [2.75, 3.05) is 43.1 Å². The third-order valence-electron chi connectivity index (χ3n) is 5.11. The summed E-state index contributed by atoms with van der Waals surface area (Å²) in [7, 11) is 0. The number of rotatable bonds is 7. The number of nitrogens with zero attached hydrogens (tertiary/aromatic N) is 1. The highest BCUT2D eigenvalue weighted by Crippen LogP contribution is 2.30. The third kappa shape index (κ3) is 5.46. The van der Waals surface area contributed by atoms with E-state index in [1.165, 1.54) is 0 Å². The Labute approximate surface area is 191 Å². The fourth-order valence-electron chi connectivity index (χ4n) is 3.48. The second-order valence-electron chi connectivity index (χ2n) is 7.32. The van der Waals surface area contributed by atoms with Crippen molar-refractivity contribution in [3.63, 3.8) is 0 Å².